The van der Waals surface area contributed by atoms with Crippen molar-refractivity contribution < 1.29 is 223 Å². The number of cyclic esters (lactones) is 2. The number of aliphatic hydroxyl groups is 3. The Hall–Kier alpha value is -15.5. The average Bonchev–Trinajstić information content (AvgIpc) is 1.64. The lowest BCUT2D eigenvalue weighted by molar-refractivity contribution is -0.285. The molecule has 0 amide bonds. The number of carbonyl (C=O) groups is 8. The van der Waals surface area contributed by atoms with Crippen LogP contribution >= 0.6 is 0 Å². The summed E-state index contributed by atoms with van der Waals surface area (Å²) in [7, 11) is 0. The molecule has 4 aliphatic rings. The summed E-state index contributed by atoms with van der Waals surface area (Å²) in [5.41, 5.74) is -15.0. The topological polar surface area (TPSA) is 764 Å². The van der Waals surface area contributed by atoms with Gasteiger partial charge in [-0.2, -0.15) is 0 Å². The van der Waals surface area contributed by atoms with Crippen LogP contribution in [-0.2, 0) is 42.6 Å². The molecule has 0 spiro atoms. The number of hydrogen-bond donors (Lipinski definition) is 26. The standard InChI is InChI=1S/C68H50O45/c69-21-1-13(2-22(70)37(21)77)60(94)111-56-51(91)67(101)107-31-11-104-63(97)17-9-29(43(83)47(87)35(17)34-16(64(98)109-54(31)56)6-26(74)40(80)46(34)86)106-53-20(8-28(76)42(82)50(53)90)66(100)113-58-57(112-61(95)14-3-23(71)38(78)24(72)4-14)55-32(108-68(58)102)12-103-62(96)15-5-25(73)39(79)45(85)33(15)36-18(65(99)110-55)10-30(44(84)48(36)88)105-52-19(59(92)93)7-27(75)41(81)49(52)89/h1-10,31-32,51,54-58,67-91,101-102H,11-12H2,(H,92,93). The second kappa shape index (κ2) is 28.6. The lowest BCUT2D eigenvalue weighted by Gasteiger charge is -2.42. The minimum atomic E-state index is -2.95. The highest BCUT2D eigenvalue weighted by atomic mass is 16.7. The van der Waals surface area contributed by atoms with Gasteiger partial charge in [0.25, 0.3) is 0 Å². The Balaban J connectivity index is 0.960. The molecule has 0 aliphatic carbocycles. The highest BCUT2D eigenvalue weighted by Gasteiger charge is 2.55. The van der Waals surface area contributed by atoms with Crippen molar-refractivity contribution in [3.63, 3.8) is 0 Å². The van der Waals surface area contributed by atoms with E-state index in [0.717, 1.165) is 0 Å². The number of phenolic OH excluding ortho intramolecular Hbond substituents is 22. The van der Waals surface area contributed by atoms with Gasteiger partial charge in [0.05, 0.1) is 33.4 Å². The molecule has 2 saturated heterocycles. The molecule has 8 aromatic carbocycles. The lowest BCUT2D eigenvalue weighted by Crippen LogP contribution is -2.62. The summed E-state index contributed by atoms with van der Waals surface area (Å²) in [6, 6.07) is 3.43. The first-order valence-electron chi connectivity index (χ1n) is 31.3. The smallest absolute Gasteiger partial charge is 0.342 e. The fourth-order valence-corrected chi connectivity index (χ4v) is 12.0. The van der Waals surface area contributed by atoms with Crippen LogP contribution in [0.15, 0.2) is 60.7 Å². The summed E-state index contributed by atoms with van der Waals surface area (Å²) >= 11 is 0. The van der Waals surface area contributed by atoms with Gasteiger partial charge in [0.15, 0.2) is 147 Å². The molecule has 592 valence electrons. The van der Waals surface area contributed by atoms with E-state index in [2.05, 4.69) is 0 Å². The average molecular weight is 1590 g/mol. The number of hydrogen-bond acceptors (Lipinski definition) is 44. The predicted molar refractivity (Wildman–Crippen MR) is 348 cm³/mol. The number of aromatic carboxylic acids is 1. The van der Waals surface area contributed by atoms with Gasteiger partial charge in [0, 0.05) is 46.5 Å². The van der Waals surface area contributed by atoms with Gasteiger partial charge >= 0.3 is 47.8 Å². The number of rotatable bonds is 11. The number of aromatic hydroxyl groups is 22. The molecule has 4 aliphatic heterocycles. The van der Waals surface area contributed by atoms with Crippen LogP contribution in [0.1, 0.15) is 82.9 Å². The normalized spacial score (nSPS) is 20.6. The first-order valence-corrected chi connectivity index (χ1v) is 31.3. The summed E-state index contributed by atoms with van der Waals surface area (Å²) in [4.78, 5) is 114. The van der Waals surface area contributed by atoms with Gasteiger partial charge in [0.2, 0.25) is 46.0 Å². The second-order valence-corrected chi connectivity index (χ2v) is 24.4. The van der Waals surface area contributed by atoms with E-state index in [1.807, 2.05) is 0 Å². The van der Waals surface area contributed by atoms with Crippen LogP contribution in [0.5, 0.6) is 149 Å². The first-order chi connectivity index (χ1) is 53.1. The highest BCUT2D eigenvalue weighted by Crippen LogP contribution is 2.59. The third-order valence-electron chi connectivity index (χ3n) is 17.5. The largest absolute Gasteiger partial charge is 0.504 e. The Morgan fingerprint density at radius 2 is 0.646 bits per heavy atom. The molecule has 8 aromatic rings. The SMILES string of the molecule is O=C(OC1C(O)C(O)OC2COC(=O)c3cc(Oc4c(C(=O)OC5C(O)OC6COC(=O)c7cc(O)c(O)c(O)c7-c7c(cc(Oc8c(C(=O)O)cc(O)c(O)c8O)c(O)c7O)C(=O)OC6C5OC(=O)c5cc(O)c(O)c(O)c5)cc(O)c(O)c4O)c(O)c(O)c3-c3c(cc(O)c(O)c3O)C(=O)OC21)c1cc(O)c(O)c(O)c1. The third-order valence-corrected chi connectivity index (χ3v) is 17.5. The molecule has 0 aromatic heterocycles. The van der Waals surface area contributed by atoms with Crippen molar-refractivity contribution in [2.24, 2.45) is 0 Å². The number of carboxylic acids is 1. The van der Waals surface area contributed by atoms with E-state index in [4.69, 9.17) is 52.1 Å². The van der Waals surface area contributed by atoms with Gasteiger partial charge in [0.1, 0.15) is 42.7 Å². The van der Waals surface area contributed by atoms with Crippen molar-refractivity contribution >= 4 is 47.8 Å². The van der Waals surface area contributed by atoms with E-state index in [9.17, 15) is 162 Å². The Morgan fingerprint density at radius 1 is 0.327 bits per heavy atom. The van der Waals surface area contributed by atoms with E-state index >= 15 is 9.59 Å². The number of carboxylic acid groups (broad SMARTS) is 1. The van der Waals surface area contributed by atoms with Gasteiger partial charge in [-0.25, -0.2) is 38.4 Å². The van der Waals surface area contributed by atoms with Crippen molar-refractivity contribution in [2.45, 2.75) is 61.4 Å². The molecule has 0 saturated carbocycles. The van der Waals surface area contributed by atoms with Gasteiger partial charge in [-0.1, -0.05) is 0 Å². The Morgan fingerprint density at radius 3 is 1.07 bits per heavy atom. The lowest BCUT2D eigenvalue weighted by atomic mass is 9.91. The maximum absolute atomic E-state index is 15.3. The summed E-state index contributed by atoms with van der Waals surface area (Å²) in [5.74, 6) is -54.1. The number of carbonyl (C=O) groups excluding carboxylic acids is 7. The molecule has 12 rings (SSSR count). The molecular formula is C68H50O45. The van der Waals surface area contributed by atoms with E-state index < -0.39 is 339 Å². The van der Waals surface area contributed by atoms with Crippen LogP contribution in [0.25, 0.3) is 22.3 Å². The Kier molecular flexibility index (Phi) is 19.5. The monoisotopic (exact) mass is 1590 g/mol. The fraction of sp³-hybridized carbons (Fsp3) is 0.176. The molecular weight excluding hydrogens is 1540 g/mol. The molecule has 26 N–H and O–H groups in total. The van der Waals surface area contributed by atoms with Gasteiger partial charge in [-0.15, -0.1) is 0 Å². The van der Waals surface area contributed by atoms with Crippen LogP contribution < -0.4 is 9.47 Å². The molecule has 0 bridgehead atoms. The number of ether oxygens (including phenoxy) is 11. The van der Waals surface area contributed by atoms with Gasteiger partial charge in [-0.3, -0.25) is 0 Å². The molecule has 45 heteroatoms. The van der Waals surface area contributed by atoms with Crippen molar-refractivity contribution in [1.29, 1.82) is 0 Å². The fourth-order valence-electron chi connectivity index (χ4n) is 12.0. The van der Waals surface area contributed by atoms with Crippen molar-refractivity contribution in [3.05, 3.63) is 105 Å². The maximum atomic E-state index is 15.3. The Labute approximate surface area is 620 Å². The zero-order chi connectivity index (χ0) is 82.6. The van der Waals surface area contributed by atoms with E-state index in [0.29, 0.717) is 36.4 Å². The number of benzene rings is 8. The van der Waals surface area contributed by atoms with Crippen molar-refractivity contribution in [2.75, 3.05) is 13.2 Å². The molecule has 2 fully saturated rings. The van der Waals surface area contributed by atoms with Crippen molar-refractivity contribution in [1.82, 2.24) is 0 Å². The van der Waals surface area contributed by atoms with Crippen LogP contribution in [0, 0.1) is 0 Å². The van der Waals surface area contributed by atoms with Crippen LogP contribution in [0.2, 0.25) is 0 Å². The third kappa shape index (κ3) is 13.3. The predicted octanol–water partition coefficient (Wildman–Crippen LogP) is 1.69. The minimum Gasteiger partial charge on any atom is -0.504 e. The molecule has 10 atom stereocenters. The quantitative estimate of drug-likeness (QED) is 0.0498. The molecule has 4 heterocycles. The first kappa shape index (κ1) is 77.1. The van der Waals surface area contributed by atoms with Crippen molar-refractivity contribution in [3.8, 4) is 172 Å². The summed E-state index contributed by atoms with van der Waals surface area (Å²) in [6.07, 6.45) is -25.8. The molecule has 10 unspecified atom stereocenters. The summed E-state index contributed by atoms with van der Waals surface area (Å²) in [5, 5.41) is 283. The van der Waals surface area contributed by atoms with E-state index in [1.165, 1.54) is 0 Å². The number of phenols is 22. The number of fused-ring (bicyclic) bond motifs is 8. The summed E-state index contributed by atoms with van der Waals surface area (Å²) in [6.45, 7) is -2.81. The van der Waals surface area contributed by atoms with Gasteiger partial charge in [-0.05, 0) is 36.4 Å². The molecule has 113 heavy (non-hydrogen) atoms. The zero-order valence-electron chi connectivity index (χ0n) is 55.3. The summed E-state index contributed by atoms with van der Waals surface area (Å²) < 4.78 is 60.5. The number of esters is 7. The van der Waals surface area contributed by atoms with Crippen LogP contribution in [-0.4, -0.2) is 255 Å². The molecule has 0 radical (unpaired) electrons. The minimum absolute atomic E-state index is 0.140. The zero-order valence-corrected chi connectivity index (χ0v) is 55.3. The van der Waals surface area contributed by atoms with Gasteiger partial charge < -0.3 is 185 Å². The highest BCUT2D eigenvalue weighted by molar-refractivity contribution is 6.10. The maximum Gasteiger partial charge on any atom is 0.342 e. The second-order valence-electron chi connectivity index (χ2n) is 24.4. The Bertz CT molecular complexity index is 5400. The van der Waals surface area contributed by atoms with Crippen LogP contribution in [0.4, 0.5) is 0 Å². The number of aliphatic hydroxyl groups excluding tert-OH is 3. The van der Waals surface area contributed by atoms with Crippen LogP contribution in [0.3, 0.4) is 0 Å². The van der Waals surface area contributed by atoms with E-state index in [-0.39, 0.29) is 24.3 Å². The van der Waals surface area contributed by atoms with E-state index in [1.54, 1.807) is 0 Å². The molecule has 45 nitrogen and oxygen atoms in total.